The van der Waals surface area contributed by atoms with Gasteiger partial charge in [-0.25, -0.2) is 9.59 Å². The van der Waals surface area contributed by atoms with E-state index < -0.39 is 48.0 Å². The van der Waals surface area contributed by atoms with E-state index in [1.54, 1.807) is 13.8 Å². The van der Waals surface area contributed by atoms with E-state index in [1.807, 2.05) is 24.3 Å². The lowest BCUT2D eigenvalue weighted by atomic mass is 9.98. The molecule has 0 saturated carbocycles. The number of carbonyl (C=O) groups is 5. The van der Waals surface area contributed by atoms with Crippen LogP contribution in [-0.2, 0) is 19.1 Å². The van der Waals surface area contributed by atoms with E-state index in [4.69, 9.17) is 16.2 Å². The van der Waals surface area contributed by atoms with E-state index >= 15 is 0 Å². The molecule has 3 atom stereocenters. The summed E-state index contributed by atoms with van der Waals surface area (Å²) in [7, 11) is 1.46. The molecule has 250 valence electrons. The van der Waals surface area contributed by atoms with Crippen molar-refractivity contribution in [3.05, 3.63) is 59.7 Å². The van der Waals surface area contributed by atoms with Gasteiger partial charge in [0, 0.05) is 26.1 Å². The van der Waals surface area contributed by atoms with Crippen LogP contribution in [0.15, 0.2) is 48.5 Å². The van der Waals surface area contributed by atoms with Gasteiger partial charge in [-0.15, -0.1) is 0 Å². The monoisotopic (exact) mass is 637 g/mol. The summed E-state index contributed by atoms with van der Waals surface area (Å²) in [5.41, 5.74) is 15.8. The molecule has 0 fully saturated rings. The number of carbonyl (C=O) groups excluding carboxylic acids is 5. The van der Waals surface area contributed by atoms with Crippen molar-refractivity contribution >= 4 is 29.8 Å². The van der Waals surface area contributed by atoms with Crippen LogP contribution in [0.3, 0.4) is 0 Å². The van der Waals surface area contributed by atoms with Gasteiger partial charge in [0.05, 0.1) is 6.04 Å². The standard InChI is InChI=1S/C33H47N7O6/c1-20(2)28(31(43)39-27(30(42)36-3)16-10-18-37-32(35)44)40-29(41)26(34)15-8-9-17-38-33(45)46-19-25-23-13-6-4-11-21(23)22-12-5-7-14-24(22)25/h4-7,11-14,20,25-28H,8-10,15-19,34H2,1-3H3,(H,36,42)(H,38,45)(H,39,43)(H,40,41)(H3,35,37,44)/t26-,27-,28-/m0/s1. The lowest BCUT2D eigenvalue weighted by molar-refractivity contribution is -0.133. The molecule has 13 nitrogen and oxygen atoms in total. The fourth-order valence-corrected chi connectivity index (χ4v) is 5.48. The third-order valence-electron chi connectivity index (χ3n) is 7.99. The molecule has 2 aromatic carbocycles. The topological polar surface area (TPSA) is 207 Å². The summed E-state index contributed by atoms with van der Waals surface area (Å²) < 4.78 is 5.56. The molecule has 0 bridgehead atoms. The molecule has 0 aliphatic heterocycles. The van der Waals surface area contributed by atoms with Crippen LogP contribution in [0, 0.1) is 5.92 Å². The van der Waals surface area contributed by atoms with Crippen molar-refractivity contribution in [2.45, 2.75) is 70.0 Å². The minimum Gasteiger partial charge on any atom is -0.449 e. The first-order valence-electron chi connectivity index (χ1n) is 15.7. The summed E-state index contributed by atoms with van der Waals surface area (Å²) in [5.74, 6) is -1.70. The first kappa shape index (κ1) is 35.8. The van der Waals surface area contributed by atoms with Crippen LogP contribution in [0.25, 0.3) is 11.1 Å². The van der Waals surface area contributed by atoms with Crippen LogP contribution in [0.5, 0.6) is 0 Å². The molecule has 0 saturated heterocycles. The smallest absolute Gasteiger partial charge is 0.407 e. The largest absolute Gasteiger partial charge is 0.449 e. The number of likely N-dealkylation sites (N-methyl/N-ethyl adjacent to an activating group) is 1. The molecule has 1 aliphatic rings. The maximum absolute atomic E-state index is 13.0. The molecule has 9 N–H and O–H groups in total. The second-order valence-electron chi connectivity index (χ2n) is 11.7. The Hall–Kier alpha value is -4.65. The van der Waals surface area contributed by atoms with Crippen LogP contribution in [0.1, 0.15) is 63.0 Å². The van der Waals surface area contributed by atoms with Crippen molar-refractivity contribution in [1.82, 2.24) is 26.6 Å². The Morgan fingerprint density at radius 1 is 0.783 bits per heavy atom. The molecular weight excluding hydrogens is 590 g/mol. The fraction of sp³-hybridized carbons (Fsp3) is 0.485. The molecule has 0 aromatic heterocycles. The first-order valence-corrected chi connectivity index (χ1v) is 15.7. The fourth-order valence-electron chi connectivity index (χ4n) is 5.48. The number of nitrogens with two attached hydrogens (primary N) is 2. The molecule has 3 rings (SSSR count). The van der Waals surface area contributed by atoms with Gasteiger partial charge in [-0.3, -0.25) is 14.4 Å². The number of rotatable bonds is 17. The molecule has 46 heavy (non-hydrogen) atoms. The average Bonchev–Trinajstić information content (AvgIpc) is 3.36. The zero-order valence-electron chi connectivity index (χ0n) is 26.8. The summed E-state index contributed by atoms with van der Waals surface area (Å²) >= 11 is 0. The highest BCUT2D eigenvalue weighted by molar-refractivity contribution is 5.93. The van der Waals surface area contributed by atoms with Crippen molar-refractivity contribution < 1.29 is 28.7 Å². The molecule has 13 heteroatoms. The van der Waals surface area contributed by atoms with Gasteiger partial charge in [-0.1, -0.05) is 62.4 Å². The Labute approximate surface area is 269 Å². The lowest BCUT2D eigenvalue weighted by Gasteiger charge is -2.26. The summed E-state index contributed by atoms with van der Waals surface area (Å²) in [6.07, 6.45) is 1.65. The number of benzene rings is 2. The Kier molecular flexibility index (Phi) is 13.8. The minimum atomic E-state index is -0.912. The van der Waals surface area contributed by atoms with Gasteiger partial charge in [0.15, 0.2) is 0 Å². The molecule has 0 radical (unpaired) electrons. The summed E-state index contributed by atoms with van der Waals surface area (Å²) in [6.45, 7) is 4.39. The second-order valence-corrected chi connectivity index (χ2v) is 11.7. The molecule has 1 aliphatic carbocycles. The number of unbranched alkanes of at least 4 members (excludes halogenated alkanes) is 1. The van der Waals surface area contributed by atoms with E-state index in [0.29, 0.717) is 32.2 Å². The van der Waals surface area contributed by atoms with Crippen molar-refractivity contribution in [2.24, 2.45) is 17.4 Å². The van der Waals surface area contributed by atoms with Crippen LogP contribution < -0.4 is 38.1 Å². The third-order valence-corrected chi connectivity index (χ3v) is 7.99. The zero-order valence-corrected chi connectivity index (χ0v) is 26.8. The highest BCUT2D eigenvalue weighted by atomic mass is 16.5. The molecule has 2 aromatic rings. The van der Waals surface area contributed by atoms with Crippen molar-refractivity contribution in [3.8, 4) is 11.1 Å². The maximum Gasteiger partial charge on any atom is 0.407 e. The first-order chi connectivity index (χ1) is 22.0. The van der Waals surface area contributed by atoms with Crippen LogP contribution in [0.2, 0.25) is 0 Å². The third kappa shape index (κ3) is 10.2. The number of hydrogen-bond donors (Lipinski definition) is 7. The Bertz CT molecular complexity index is 1320. The number of fused-ring (bicyclic) bond motifs is 3. The Morgan fingerprint density at radius 3 is 1.98 bits per heavy atom. The number of ether oxygens (including phenoxy) is 1. The van der Waals surface area contributed by atoms with E-state index in [2.05, 4.69) is 50.8 Å². The van der Waals surface area contributed by atoms with Gasteiger partial charge in [-0.2, -0.15) is 0 Å². The van der Waals surface area contributed by atoms with Gasteiger partial charge < -0.3 is 42.8 Å². The highest BCUT2D eigenvalue weighted by Gasteiger charge is 2.30. The molecule has 6 amide bonds. The average molecular weight is 638 g/mol. The van der Waals surface area contributed by atoms with Gasteiger partial charge in [0.1, 0.15) is 18.7 Å². The van der Waals surface area contributed by atoms with Gasteiger partial charge in [-0.05, 0) is 60.3 Å². The highest BCUT2D eigenvalue weighted by Crippen LogP contribution is 2.44. The second kappa shape index (κ2) is 17.7. The predicted molar refractivity (Wildman–Crippen MR) is 174 cm³/mol. The van der Waals surface area contributed by atoms with E-state index in [-0.39, 0.29) is 31.4 Å². The van der Waals surface area contributed by atoms with Crippen molar-refractivity contribution in [2.75, 3.05) is 26.7 Å². The lowest BCUT2D eigenvalue weighted by Crippen LogP contribution is -2.57. The minimum absolute atomic E-state index is 0.0216. The number of hydrogen-bond acceptors (Lipinski definition) is 7. The molecule has 0 unspecified atom stereocenters. The summed E-state index contributed by atoms with van der Waals surface area (Å²) in [5, 5.41) is 13.1. The van der Waals surface area contributed by atoms with Crippen LogP contribution in [0.4, 0.5) is 9.59 Å². The van der Waals surface area contributed by atoms with E-state index in [9.17, 15) is 24.0 Å². The summed E-state index contributed by atoms with van der Waals surface area (Å²) in [4.78, 5) is 61.5. The van der Waals surface area contributed by atoms with Gasteiger partial charge in [0.2, 0.25) is 17.7 Å². The Balaban J connectivity index is 1.38. The van der Waals surface area contributed by atoms with Gasteiger partial charge in [0.25, 0.3) is 0 Å². The van der Waals surface area contributed by atoms with Crippen molar-refractivity contribution in [3.63, 3.8) is 0 Å². The normalized spacial score (nSPS) is 13.8. The molecule has 0 heterocycles. The van der Waals surface area contributed by atoms with Crippen LogP contribution >= 0.6 is 0 Å². The Morgan fingerprint density at radius 2 is 1.39 bits per heavy atom. The number of alkyl carbamates (subject to hydrolysis) is 1. The van der Waals surface area contributed by atoms with E-state index in [0.717, 1.165) is 22.3 Å². The SMILES string of the molecule is CNC(=O)[C@H](CCCNC(N)=O)NC(=O)[C@@H](NC(=O)[C@@H](N)CCCCNC(=O)OCC1c2ccccc2-c2ccccc21)C(C)C. The van der Waals surface area contributed by atoms with Gasteiger partial charge >= 0.3 is 12.1 Å². The van der Waals surface area contributed by atoms with Crippen molar-refractivity contribution in [1.29, 1.82) is 0 Å². The number of nitrogens with one attached hydrogen (secondary N) is 5. The quantitative estimate of drug-likeness (QED) is 0.128. The predicted octanol–water partition coefficient (Wildman–Crippen LogP) is 1.84. The zero-order chi connectivity index (χ0) is 33.6. The number of amides is 6. The summed E-state index contributed by atoms with van der Waals surface area (Å²) in [6, 6.07) is 13.0. The molecule has 0 spiro atoms. The van der Waals surface area contributed by atoms with Crippen LogP contribution in [-0.4, -0.2) is 74.7 Å². The number of urea groups is 1. The number of primary amides is 1. The van der Waals surface area contributed by atoms with E-state index in [1.165, 1.54) is 7.05 Å². The maximum atomic E-state index is 13.0. The molecular formula is C33H47N7O6.